The first kappa shape index (κ1) is 17.6. The standard InChI is InChI=1S/C18H36N2S/c1-4-6-16-7-5-9-18(15-19,10-8-16)20-12-11-17(2,3)21-14-13-20/h16H,4-15,19H2,1-3H3. The van der Waals surface area contributed by atoms with Crippen molar-refractivity contribution in [1.82, 2.24) is 4.90 Å². The van der Waals surface area contributed by atoms with Crippen molar-refractivity contribution in [3.63, 3.8) is 0 Å². The summed E-state index contributed by atoms with van der Waals surface area (Å²) in [5.41, 5.74) is 6.64. The highest BCUT2D eigenvalue weighted by Gasteiger charge is 2.39. The molecule has 0 radical (unpaired) electrons. The minimum atomic E-state index is 0.309. The molecule has 1 heterocycles. The highest BCUT2D eigenvalue weighted by molar-refractivity contribution is 8.00. The molecule has 0 aromatic heterocycles. The number of hydrogen-bond donors (Lipinski definition) is 1. The fourth-order valence-electron chi connectivity index (χ4n) is 4.30. The molecule has 2 nitrogen and oxygen atoms in total. The summed E-state index contributed by atoms with van der Waals surface area (Å²) in [6, 6.07) is 0. The Labute approximate surface area is 136 Å². The molecule has 1 aliphatic carbocycles. The molecule has 2 fully saturated rings. The SMILES string of the molecule is CCCC1CCCC(CN)(N2CCSC(C)(C)CC2)CC1. The zero-order chi connectivity index (χ0) is 15.3. The maximum Gasteiger partial charge on any atom is 0.0332 e. The fraction of sp³-hybridized carbons (Fsp3) is 1.00. The van der Waals surface area contributed by atoms with E-state index in [0.29, 0.717) is 10.3 Å². The van der Waals surface area contributed by atoms with Crippen LogP contribution in [0.2, 0.25) is 0 Å². The quantitative estimate of drug-likeness (QED) is 0.786. The molecule has 0 aromatic rings. The molecule has 3 heteroatoms. The molecule has 21 heavy (non-hydrogen) atoms. The molecule has 2 N–H and O–H groups in total. The van der Waals surface area contributed by atoms with Crippen LogP contribution >= 0.6 is 11.8 Å². The van der Waals surface area contributed by atoms with Crippen LogP contribution in [0.4, 0.5) is 0 Å². The molecule has 0 spiro atoms. The second-order valence-electron chi connectivity index (χ2n) is 7.86. The van der Waals surface area contributed by atoms with Crippen LogP contribution in [0.25, 0.3) is 0 Å². The lowest BCUT2D eigenvalue weighted by Crippen LogP contribution is -2.54. The summed E-state index contributed by atoms with van der Waals surface area (Å²) in [6.07, 6.45) is 10.9. The second kappa shape index (κ2) is 7.70. The zero-order valence-electron chi connectivity index (χ0n) is 14.5. The van der Waals surface area contributed by atoms with Crippen molar-refractivity contribution < 1.29 is 0 Å². The van der Waals surface area contributed by atoms with Gasteiger partial charge < -0.3 is 5.73 Å². The van der Waals surface area contributed by atoms with Gasteiger partial charge in [-0.2, -0.15) is 11.8 Å². The molecule has 2 atom stereocenters. The third kappa shape index (κ3) is 4.62. The Morgan fingerprint density at radius 2 is 1.95 bits per heavy atom. The van der Waals surface area contributed by atoms with Gasteiger partial charge in [-0.05, 0) is 31.6 Å². The fourth-order valence-corrected chi connectivity index (χ4v) is 5.40. The number of nitrogens with zero attached hydrogens (tertiary/aromatic N) is 1. The highest BCUT2D eigenvalue weighted by Crippen LogP contribution is 2.39. The van der Waals surface area contributed by atoms with E-state index in [2.05, 4.69) is 37.4 Å². The number of nitrogens with two attached hydrogens (primary N) is 1. The lowest BCUT2D eigenvalue weighted by molar-refractivity contribution is 0.0822. The van der Waals surface area contributed by atoms with Gasteiger partial charge in [-0.25, -0.2) is 0 Å². The van der Waals surface area contributed by atoms with E-state index in [1.165, 1.54) is 70.2 Å². The summed E-state index contributed by atoms with van der Waals surface area (Å²) in [6.45, 7) is 10.5. The van der Waals surface area contributed by atoms with Crippen LogP contribution < -0.4 is 5.73 Å². The van der Waals surface area contributed by atoms with E-state index in [1.807, 2.05) is 0 Å². The summed E-state index contributed by atoms with van der Waals surface area (Å²) in [7, 11) is 0. The number of thioether (sulfide) groups is 1. The molecule has 1 saturated heterocycles. The summed E-state index contributed by atoms with van der Waals surface area (Å²) >= 11 is 2.15. The van der Waals surface area contributed by atoms with Crippen LogP contribution in [-0.4, -0.2) is 40.6 Å². The van der Waals surface area contributed by atoms with Crippen molar-refractivity contribution in [2.45, 2.75) is 82.4 Å². The summed E-state index contributed by atoms with van der Waals surface area (Å²) < 4.78 is 0.444. The Balaban J connectivity index is 2.03. The van der Waals surface area contributed by atoms with Gasteiger partial charge in [0.25, 0.3) is 0 Å². The highest BCUT2D eigenvalue weighted by atomic mass is 32.2. The minimum Gasteiger partial charge on any atom is -0.329 e. The van der Waals surface area contributed by atoms with Gasteiger partial charge in [0.05, 0.1) is 0 Å². The maximum atomic E-state index is 6.33. The van der Waals surface area contributed by atoms with Gasteiger partial charge >= 0.3 is 0 Å². The molecule has 1 saturated carbocycles. The Bertz CT molecular complexity index is 318. The van der Waals surface area contributed by atoms with E-state index in [9.17, 15) is 0 Å². The molecule has 0 aromatic carbocycles. The average Bonchev–Trinajstić information content (AvgIpc) is 2.76. The Hall–Kier alpha value is 0.270. The minimum absolute atomic E-state index is 0.309. The third-order valence-corrected chi connectivity index (χ3v) is 7.23. The predicted octanol–water partition coefficient (Wildman–Crippen LogP) is 4.28. The molecule has 1 aliphatic heterocycles. The summed E-state index contributed by atoms with van der Waals surface area (Å²) in [4.78, 5) is 2.78. The molecule has 124 valence electrons. The van der Waals surface area contributed by atoms with E-state index in [0.717, 1.165) is 12.5 Å². The van der Waals surface area contributed by atoms with Crippen LogP contribution in [-0.2, 0) is 0 Å². The first-order chi connectivity index (χ1) is 10.0. The summed E-state index contributed by atoms with van der Waals surface area (Å²) in [5, 5.41) is 0. The largest absolute Gasteiger partial charge is 0.329 e. The van der Waals surface area contributed by atoms with Gasteiger partial charge in [0.2, 0.25) is 0 Å². The molecule has 2 rings (SSSR count). The Morgan fingerprint density at radius 1 is 1.14 bits per heavy atom. The van der Waals surface area contributed by atoms with Gasteiger partial charge in [0, 0.05) is 35.7 Å². The topological polar surface area (TPSA) is 29.3 Å². The second-order valence-corrected chi connectivity index (χ2v) is 9.66. The van der Waals surface area contributed by atoms with Crippen LogP contribution in [0, 0.1) is 5.92 Å². The van der Waals surface area contributed by atoms with Gasteiger partial charge in [-0.3, -0.25) is 4.90 Å². The molecule has 2 aliphatic rings. The van der Waals surface area contributed by atoms with Crippen molar-refractivity contribution in [3.05, 3.63) is 0 Å². The monoisotopic (exact) mass is 312 g/mol. The third-order valence-electron chi connectivity index (χ3n) is 5.86. The van der Waals surface area contributed by atoms with Crippen LogP contribution in [0.5, 0.6) is 0 Å². The summed E-state index contributed by atoms with van der Waals surface area (Å²) in [5.74, 6) is 2.23. The Kier molecular flexibility index (Phi) is 6.46. The van der Waals surface area contributed by atoms with E-state index >= 15 is 0 Å². The van der Waals surface area contributed by atoms with E-state index < -0.39 is 0 Å². The van der Waals surface area contributed by atoms with Crippen LogP contribution in [0.1, 0.15) is 72.1 Å². The van der Waals surface area contributed by atoms with E-state index in [-0.39, 0.29) is 0 Å². The predicted molar refractivity (Wildman–Crippen MR) is 96.0 cm³/mol. The van der Waals surface area contributed by atoms with Gasteiger partial charge in [-0.1, -0.05) is 46.5 Å². The number of hydrogen-bond acceptors (Lipinski definition) is 3. The zero-order valence-corrected chi connectivity index (χ0v) is 15.3. The molecule has 2 unspecified atom stereocenters. The van der Waals surface area contributed by atoms with Gasteiger partial charge in [0.15, 0.2) is 0 Å². The molecular formula is C18H36N2S. The lowest BCUT2D eigenvalue weighted by atomic mass is 9.86. The Morgan fingerprint density at radius 3 is 2.67 bits per heavy atom. The normalized spacial score (nSPS) is 35.1. The molecule has 0 amide bonds. The van der Waals surface area contributed by atoms with Crippen molar-refractivity contribution in [3.8, 4) is 0 Å². The van der Waals surface area contributed by atoms with Gasteiger partial charge in [0.1, 0.15) is 0 Å². The van der Waals surface area contributed by atoms with Crippen molar-refractivity contribution in [2.75, 3.05) is 25.4 Å². The maximum absolute atomic E-state index is 6.33. The van der Waals surface area contributed by atoms with Crippen LogP contribution in [0.15, 0.2) is 0 Å². The first-order valence-electron chi connectivity index (χ1n) is 9.10. The average molecular weight is 313 g/mol. The molecular weight excluding hydrogens is 276 g/mol. The van der Waals surface area contributed by atoms with Crippen LogP contribution in [0.3, 0.4) is 0 Å². The van der Waals surface area contributed by atoms with Crippen molar-refractivity contribution >= 4 is 11.8 Å². The number of rotatable bonds is 4. The van der Waals surface area contributed by atoms with E-state index in [1.54, 1.807) is 0 Å². The first-order valence-corrected chi connectivity index (χ1v) is 10.1. The van der Waals surface area contributed by atoms with Crippen molar-refractivity contribution in [1.29, 1.82) is 0 Å². The lowest BCUT2D eigenvalue weighted by Gasteiger charge is -2.43. The van der Waals surface area contributed by atoms with E-state index in [4.69, 9.17) is 5.73 Å². The smallest absolute Gasteiger partial charge is 0.0332 e. The molecule has 0 bridgehead atoms. The van der Waals surface area contributed by atoms with Crippen molar-refractivity contribution in [2.24, 2.45) is 11.7 Å². The van der Waals surface area contributed by atoms with Gasteiger partial charge in [-0.15, -0.1) is 0 Å².